The number of carboxylic acids is 1. The number of hydrogen-bond acceptors (Lipinski definition) is 4. The summed E-state index contributed by atoms with van der Waals surface area (Å²) in [5.41, 5.74) is 0.157. The maximum atomic E-state index is 10.8. The van der Waals surface area contributed by atoms with E-state index in [2.05, 4.69) is 20.8 Å². The average Bonchev–Trinajstić information content (AvgIpc) is 2.47. The molecule has 0 aliphatic heterocycles. The molecule has 5 heteroatoms. The fourth-order valence-corrected chi connectivity index (χ4v) is 1.73. The molecule has 0 heterocycles. The predicted octanol–water partition coefficient (Wildman–Crippen LogP) is 3.30. The molecule has 0 aliphatic rings. The third kappa shape index (κ3) is 10.1. The van der Waals surface area contributed by atoms with Crippen molar-refractivity contribution in [2.24, 2.45) is 0 Å². The Morgan fingerprint density at radius 1 is 1.33 bits per heavy atom. The number of carboxylic acid groups (broad SMARTS) is 1. The lowest BCUT2D eigenvalue weighted by molar-refractivity contribution is -0.132. The minimum atomic E-state index is -1.02. The third-order valence-electron chi connectivity index (χ3n) is 3.26. The molecule has 0 saturated heterocycles. The van der Waals surface area contributed by atoms with Gasteiger partial charge in [-0.1, -0.05) is 13.8 Å². The Morgan fingerprint density at radius 3 is 2.57 bits per heavy atom. The molecular formula is C16H27NO4. The van der Waals surface area contributed by atoms with Gasteiger partial charge in [0, 0.05) is 18.3 Å². The molecular weight excluding hydrogens is 270 g/mol. The Hall–Kier alpha value is -1.38. The van der Waals surface area contributed by atoms with Crippen molar-refractivity contribution in [1.29, 1.82) is 5.26 Å². The Morgan fingerprint density at radius 2 is 2.05 bits per heavy atom. The maximum Gasteiger partial charge on any atom is 0.332 e. The molecule has 0 spiro atoms. The van der Waals surface area contributed by atoms with E-state index in [-0.39, 0.29) is 17.8 Å². The number of carbonyl (C=O) groups is 1. The van der Waals surface area contributed by atoms with Gasteiger partial charge in [0.2, 0.25) is 0 Å². The smallest absolute Gasteiger partial charge is 0.332 e. The second-order valence-electron chi connectivity index (χ2n) is 5.02. The van der Waals surface area contributed by atoms with Crippen LogP contribution in [0.1, 0.15) is 52.9 Å². The van der Waals surface area contributed by atoms with Gasteiger partial charge in [-0.3, -0.25) is 0 Å². The Bertz CT molecular complexity index is 360. The molecule has 0 radical (unpaired) electrons. The second-order valence-corrected chi connectivity index (χ2v) is 5.02. The van der Waals surface area contributed by atoms with E-state index in [0.29, 0.717) is 26.1 Å². The zero-order valence-corrected chi connectivity index (χ0v) is 13.3. The summed E-state index contributed by atoms with van der Waals surface area (Å²) in [6.07, 6.45) is 5.22. The van der Waals surface area contributed by atoms with Gasteiger partial charge in [0.05, 0.1) is 24.9 Å². The van der Waals surface area contributed by atoms with Crippen molar-refractivity contribution in [1.82, 2.24) is 0 Å². The first-order valence-corrected chi connectivity index (χ1v) is 7.60. The number of hydrogen-bond donors (Lipinski definition) is 1. The molecule has 0 aliphatic carbocycles. The molecule has 0 rings (SSSR count). The van der Waals surface area contributed by atoms with Crippen molar-refractivity contribution < 1.29 is 19.4 Å². The number of allylic oxidation sites excluding steroid dienone is 1. The fraction of sp³-hybridized carbons (Fsp3) is 0.750. The van der Waals surface area contributed by atoms with Gasteiger partial charge >= 0.3 is 5.97 Å². The minimum Gasteiger partial charge on any atom is -0.478 e. The zero-order chi connectivity index (χ0) is 16.1. The van der Waals surface area contributed by atoms with E-state index in [4.69, 9.17) is 19.8 Å². The lowest BCUT2D eigenvalue weighted by Gasteiger charge is -2.20. The van der Waals surface area contributed by atoms with Gasteiger partial charge in [-0.15, -0.1) is 0 Å². The first-order valence-electron chi connectivity index (χ1n) is 7.60. The van der Waals surface area contributed by atoms with Crippen LogP contribution in [-0.4, -0.2) is 36.5 Å². The van der Waals surface area contributed by atoms with Crippen LogP contribution in [0.4, 0.5) is 0 Å². The third-order valence-corrected chi connectivity index (χ3v) is 3.26. The van der Waals surface area contributed by atoms with Gasteiger partial charge in [0.15, 0.2) is 0 Å². The van der Waals surface area contributed by atoms with E-state index >= 15 is 0 Å². The highest BCUT2D eigenvalue weighted by molar-refractivity contribution is 5.87. The first kappa shape index (κ1) is 19.6. The normalized spacial score (nSPS) is 14.5. The van der Waals surface area contributed by atoms with Crippen LogP contribution in [0.25, 0.3) is 0 Å². The summed E-state index contributed by atoms with van der Waals surface area (Å²) in [5.74, 6) is -1.02. The van der Waals surface area contributed by atoms with E-state index in [9.17, 15) is 4.79 Å². The topological polar surface area (TPSA) is 79.5 Å². The Kier molecular flexibility index (Phi) is 11.6. The molecule has 0 bridgehead atoms. The Balaban J connectivity index is 3.78. The number of aliphatic carboxylic acids is 1. The lowest BCUT2D eigenvalue weighted by atomic mass is 10.1. The number of ether oxygens (including phenoxy) is 2. The largest absolute Gasteiger partial charge is 0.478 e. The summed E-state index contributed by atoms with van der Waals surface area (Å²) in [7, 11) is 0. The molecule has 120 valence electrons. The molecule has 1 N–H and O–H groups in total. The standard InChI is InChI=1S/C16H27NO4/c1-4-13(3)21-15(5-2)12-20-11-7-6-8-14(9-10-17)16(18)19/h9,13,15H,4-8,11-12H2,1-3H3,(H,18,19). The molecule has 21 heavy (non-hydrogen) atoms. The van der Waals surface area contributed by atoms with Crippen LogP contribution < -0.4 is 0 Å². The van der Waals surface area contributed by atoms with Gasteiger partial charge in [-0.25, -0.2) is 4.79 Å². The molecule has 0 aromatic carbocycles. The quantitative estimate of drug-likeness (QED) is 0.339. The fourth-order valence-electron chi connectivity index (χ4n) is 1.73. The van der Waals surface area contributed by atoms with Crippen molar-refractivity contribution in [2.75, 3.05) is 13.2 Å². The molecule has 0 fully saturated rings. The Labute approximate surface area is 127 Å². The van der Waals surface area contributed by atoms with Crippen LogP contribution in [0.3, 0.4) is 0 Å². The highest BCUT2D eigenvalue weighted by Crippen LogP contribution is 2.09. The summed E-state index contributed by atoms with van der Waals surface area (Å²) < 4.78 is 11.4. The SMILES string of the molecule is CCC(C)OC(CC)COCCCCC(=CC#N)C(=O)O. The zero-order valence-electron chi connectivity index (χ0n) is 13.3. The molecule has 0 aromatic rings. The highest BCUT2D eigenvalue weighted by Gasteiger charge is 2.10. The van der Waals surface area contributed by atoms with Gasteiger partial charge < -0.3 is 14.6 Å². The van der Waals surface area contributed by atoms with E-state index in [1.807, 2.05) is 0 Å². The van der Waals surface area contributed by atoms with Crippen molar-refractivity contribution in [3.05, 3.63) is 11.6 Å². The summed E-state index contributed by atoms with van der Waals surface area (Å²) in [4.78, 5) is 10.8. The summed E-state index contributed by atoms with van der Waals surface area (Å²) >= 11 is 0. The minimum absolute atomic E-state index is 0.119. The number of unbranched alkanes of at least 4 members (excludes halogenated alkanes) is 1. The van der Waals surface area contributed by atoms with E-state index in [1.165, 1.54) is 0 Å². The van der Waals surface area contributed by atoms with E-state index in [0.717, 1.165) is 25.3 Å². The van der Waals surface area contributed by atoms with Crippen LogP contribution in [0.5, 0.6) is 0 Å². The monoisotopic (exact) mass is 297 g/mol. The summed E-state index contributed by atoms with van der Waals surface area (Å²) in [5, 5.41) is 17.3. The molecule has 2 atom stereocenters. The van der Waals surface area contributed by atoms with Crippen LogP contribution in [-0.2, 0) is 14.3 Å². The van der Waals surface area contributed by atoms with Gasteiger partial charge in [0.1, 0.15) is 0 Å². The van der Waals surface area contributed by atoms with Crippen molar-refractivity contribution in [3.63, 3.8) is 0 Å². The lowest BCUT2D eigenvalue weighted by Crippen LogP contribution is -2.24. The van der Waals surface area contributed by atoms with Crippen molar-refractivity contribution in [2.45, 2.75) is 65.1 Å². The van der Waals surface area contributed by atoms with Gasteiger partial charge in [-0.2, -0.15) is 5.26 Å². The van der Waals surface area contributed by atoms with Gasteiger partial charge in [-0.05, 0) is 39.0 Å². The van der Waals surface area contributed by atoms with Crippen LogP contribution in [0, 0.1) is 11.3 Å². The summed E-state index contributed by atoms with van der Waals surface area (Å²) in [6, 6.07) is 1.76. The van der Waals surface area contributed by atoms with Crippen LogP contribution in [0.2, 0.25) is 0 Å². The molecule has 0 saturated carbocycles. The summed E-state index contributed by atoms with van der Waals surface area (Å²) in [6.45, 7) is 7.37. The molecule has 2 unspecified atom stereocenters. The molecule has 0 aromatic heterocycles. The predicted molar refractivity (Wildman–Crippen MR) is 80.9 cm³/mol. The number of nitrogens with zero attached hydrogens (tertiary/aromatic N) is 1. The van der Waals surface area contributed by atoms with Crippen LogP contribution >= 0.6 is 0 Å². The molecule has 5 nitrogen and oxygen atoms in total. The van der Waals surface area contributed by atoms with Crippen molar-refractivity contribution >= 4 is 5.97 Å². The van der Waals surface area contributed by atoms with Crippen molar-refractivity contribution in [3.8, 4) is 6.07 Å². The van der Waals surface area contributed by atoms with E-state index in [1.54, 1.807) is 6.07 Å². The maximum absolute atomic E-state index is 10.8. The number of rotatable bonds is 12. The number of nitriles is 1. The second kappa shape index (κ2) is 12.4. The first-order chi connectivity index (χ1) is 10.0. The highest BCUT2D eigenvalue weighted by atomic mass is 16.5. The molecule has 0 amide bonds. The van der Waals surface area contributed by atoms with E-state index < -0.39 is 5.97 Å². The average molecular weight is 297 g/mol. The van der Waals surface area contributed by atoms with Crippen LogP contribution in [0.15, 0.2) is 11.6 Å². The van der Waals surface area contributed by atoms with Gasteiger partial charge in [0.25, 0.3) is 0 Å².